The molecule has 0 aromatic heterocycles. The molecular weight excluding hydrogens is 535 g/mol. The van der Waals surface area contributed by atoms with Crippen LogP contribution in [0.15, 0.2) is 147 Å². The Morgan fingerprint density at radius 1 is 0.610 bits per heavy atom. The predicted molar refractivity (Wildman–Crippen MR) is 175 cm³/mol. The monoisotopic (exact) mass is 558 g/mol. The van der Waals surface area contributed by atoms with Crippen LogP contribution in [-0.4, -0.2) is 12.8 Å². The van der Waals surface area contributed by atoms with Gasteiger partial charge in [0.1, 0.15) is 0 Å². The van der Waals surface area contributed by atoms with Gasteiger partial charge in [0.05, 0.1) is 23.1 Å². The van der Waals surface area contributed by atoms with E-state index < -0.39 is 0 Å². The molecule has 5 aliphatic rings. The Bertz CT molecular complexity index is 2000. The Labute approximate surface area is 248 Å². The molecule has 5 aromatic rings. The SMILES string of the molecule is C1=CC2B3c4cccc5c4N(c4ccccc4S5)c4cc(-c5ccccc5)cc(c43)N3c4ccccc4SC(=C1)C23. The molecule has 0 amide bonds. The van der Waals surface area contributed by atoms with Crippen LogP contribution in [0, 0.1) is 0 Å². The van der Waals surface area contributed by atoms with E-state index in [1.807, 2.05) is 23.5 Å². The van der Waals surface area contributed by atoms with Crippen LogP contribution in [0.1, 0.15) is 0 Å². The maximum atomic E-state index is 2.67. The molecule has 0 radical (unpaired) electrons. The Hall–Kier alpha value is -4.06. The largest absolute Gasteiger partial charge is 0.333 e. The standard InChI is InChI=1S/C36H23BN2S2/c1-2-10-22(11-3-1)23-20-28-34-29(21-23)39-27-15-5-7-17-31(27)41-33-19-9-13-25(36(33)39)37(34)24-12-8-18-32-35(24)38(28)26-14-4-6-16-30(26)40-32/h1-21,24,35H. The van der Waals surface area contributed by atoms with Gasteiger partial charge in [0.25, 0.3) is 0 Å². The van der Waals surface area contributed by atoms with E-state index in [0.29, 0.717) is 5.82 Å². The number of hydrogen-bond donors (Lipinski definition) is 0. The normalized spacial score (nSPS) is 19.9. The second kappa shape index (κ2) is 8.25. The summed E-state index contributed by atoms with van der Waals surface area (Å²) >= 11 is 3.86. The highest BCUT2D eigenvalue weighted by molar-refractivity contribution is 8.03. The van der Waals surface area contributed by atoms with Crippen molar-refractivity contribution in [1.29, 1.82) is 0 Å². The molecule has 5 aromatic carbocycles. The fourth-order valence-electron chi connectivity index (χ4n) is 7.67. The molecule has 4 aliphatic heterocycles. The fraction of sp³-hybridized carbons (Fsp3) is 0.0556. The van der Waals surface area contributed by atoms with Crippen LogP contribution in [0.3, 0.4) is 0 Å². The van der Waals surface area contributed by atoms with Crippen molar-refractivity contribution in [2.75, 3.05) is 9.80 Å². The summed E-state index contributed by atoms with van der Waals surface area (Å²) in [5.41, 5.74) is 12.0. The number of nitrogens with zero attached hydrogens (tertiary/aromatic N) is 2. The highest BCUT2D eigenvalue weighted by Gasteiger charge is 2.53. The molecule has 10 rings (SSSR count). The molecular formula is C36H23BN2S2. The van der Waals surface area contributed by atoms with Gasteiger partial charge in [-0.25, -0.2) is 0 Å². The summed E-state index contributed by atoms with van der Waals surface area (Å²) in [6.07, 6.45) is 7.14. The minimum Gasteiger partial charge on any atom is -0.333 e. The van der Waals surface area contributed by atoms with Gasteiger partial charge in [0, 0.05) is 31.0 Å². The number of benzene rings is 5. The first-order valence-electron chi connectivity index (χ1n) is 14.2. The van der Waals surface area contributed by atoms with Gasteiger partial charge in [-0.15, -0.1) is 0 Å². The van der Waals surface area contributed by atoms with Crippen LogP contribution in [0.2, 0.25) is 5.82 Å². The van der Waals surface area contributed by atoms with Crippen molar-refractivity contribution in [3.63, 3.8) is 0 Å². The summed E-state index contributed by atoms with van der Waals surface area (Å²) in [7, 11) is 0. The molecule has 0 fully saturated rings. The topological polar surface area (TPSA) is 6.48 Å². The fourth-order valence-corrected chi connectivity index (χ4v) is 9.97. The third-order valence-electron chi connectivity index (χ3n) is 9.24. The maximum Gasteiger partial charge on any atom is 0.226 e. The first-order chi connectivity index (χ1) is 20.3. The molecule has 41 heavy (non-hydrogen) atoms. The lowest BCUT2D eigenvalue weighted by atomic mass is 9.29. The molecule has 1 aliphatic carbocycles. The van der Waals surface area contributed by atoms with Crippen LogP contribution >= 0.6 is 23.5 Å². The summed E-state index contributed by atoms with van der Waals surface area (Å²) in [6, 6.07) is 41.0. The average Bonchev–Trinajstić information content (AvgIpc) is 3.03. The molecule has 2 nitrogen and oxygen atoms in total. The minimum absolute atomic E-state index is 0.280. The van der Waals surface area contributed by atoms with E-state index in [0.717, 1.165) is 0 Å². The second-order valence-corrected chi connectivity index (χ2v) is 13.5. The van der Waals surface area contributed by atoms with Crippen molar-refractivity contribution >= 4 is 69.6 Å². The molecule has 0 bridgehead atoms. The molecule has 0 saturated carbocycles. The number of fused-ring (bicyclic) bond motifs is 8. The molecule has 5 heteroatoms. The Kier molecular flexibility index (Phi) is 4.55. The molecule has 2 unspecified atom stereocenters. The number of allylic oxidation sites excluding steroid dienone is 2. The number of anilines is 5. The van der Waals surface area contributed by atoms with Gasteiger partial charge >= 0.3 is 0 Å². The van der Waals surface area contributed by atoms with Gasteiger partial charge in [-0.2, -0.15) is 0 Å². The number of thioether (sulfide) groups is 1. The second-order valence-electron chi connectivity index (χ2n) is 11.3. The third kappa shape index (κ3) is 2.98. The van der Waals surface area contributed by atoms with Crippen LogP contribution in [0.4, 0.5) is 28.4 Å². The van der Waals surface area contributed by atoms with Gasteiger partial charge in [0.2, 0.25) is 6.71 Å². The van der Waals surface area contributed by atoms with E-state index in [-0.39, 0.29) is 12.8 Å². The smallest absolute Gasteiger partial charge is 0.226 e. The van der Waals surface area contributed by atoms with Gasteiger partial charge in [-0.3, -0.25) is 0 Å². The van der Waals surface area contributed by atoms with Crippen molar-refractivity contribution in [3.8, 4) is 11.1 Å². The van der Waals surface area contributed by atoms with Crippen molar-refractivity contribution in [1.82, 2.24) is 0 Å². The van der Waals surface area contributed by atoms with Gasteiger partial charge in [0.15, 0.2) is 0 Å². The maximum absolute atomic E-state index is 2.67. The molecule has 192 valence electrons. The van der Waals surface area contributed by atoms with Crippen molar-refractivity contribution in [2.24, 2.45) is 0 Å². The molecule has 0 saturated heterocycles. The van der Waals surface area contributed by atoms with Gasteiger partial charge in [-0.1, -0.05) is 108 Å². The summed E-state index contributed by atoms with van der Waals surface area (Å²) in [5.74, 6) is 0.348. The number of para-hydroxylation sites is 3. The number of hydrogen-bond acceptors (Lipinski definition) is 4. The van der Waals surface area contributed by atoms with E-state index in [2.05, 4.69) is 137 Å². The van der Waals surface area contributed by atoms with Crippen LogP contribution in [-0.2, 0) is 0 Å². The van der Waals surface area contributed by atoms with E-state index >= 15 is 0 Å². The van der Waals surface area contributed by atoms with Gasteiger partial charge in [-0.05, 0) is 70.3 Å². The Morgan fingerprint density at radius 3 is 2.22 bits per heavy atom. The summed E-state index contributed by atoms with van der Waals surface area (Å²) in [5, 5.41) is 0. The lowest BCUT2D eigenvalue weighted by molar-refractivity contribution is 0.743. The van der Waals surface area contributed by atoms with E-state index in [1.165, 1.54) is 70.1 Å². The van der Waals surface area contributed by atoms with Crippen LogP contribution in [0.5, 0.6) is 0 Å². The van der Waals surface area contributed by atoms with Crippen molar-refractivity contribution in [3.05, 3.63) is 132 Å². The first-order valence-corrected chi connectivity index (χ1v) is 15.9. The quantitative estimate of drug-likeness (QED) is 0.186. The first kappa shape index (κ1) is 22.6. The summed E-state index contributed by atoms with van der Waals surface area (Å²) in [4.78, 5) is 10.7. The van der Waals surface area contributed by atoms with E-state index in [1.54, 1.807) is 0 Å². The minimum atomic E-state index is 0.280. The number of rotatable bonds is 1. The Balaban J connectivity index is 1.36. The molecule has 2 atom stereocenters. The van der Waals surface area contributed by atoms with E-state index in [4.69, 9.17) is 0 Å². The zero-order chi connectivity index (χ0) is 26.7. The van der Waals surface area contributed by atoms with Crippen LogP contribution < -0.4 is 20.7 Å². The molecule has 0 spiro atoms. The van der Waals surface area contributed by atoms with Crippen molar-refractivity contribution in [2.45, 2.75) is 26.5 Å². The van der Waals surface area contributed by atoms with E-state index in [9.17, 15) is 0 Å². The predicted octanol–water partition coefficient (Wildman–Crippen LogP) is 8.66. The highest BCUT2D eigenvalue weighted by Crippen LogP contribution is 2.59. The lowest BCUT2D eigenvalue weighted by Gasteiger charge is -2.54. The zero-order valence-corrected chi connectivity index (χ0v) is 23.7. The Morgan fingerprint density at radius 2 is 1.34 bits per heavy atom. The summed E-state index contributed by atoms with van der Waals surface area (Å²) < 4.78 is 0. The third-order valence-corrected chi connectivity index (χ3v) is 11.5. The van der Waals surface area contributed by atoms with Crippen LogP contribution in [0.25, 0.3) is 11.1 Å². The zero-order valence-electron chi connectivity index (χ0n) is 22.1. The lowest BCUT2D eigenvalue weighted by Crippen LogP contribution is -2.63. The average molecular weight is 559 g/mol. The molecule has 0 N–H and O–H groups in total. The highest BCUT2D eigenvalue weighted by atomic mass is 32.2. The summed E-state index contributed by atoms with van der Waals surface area (Å²) in [6.45, 7) is 0.286. The van der Waals surface area contributed by atoms with Crippen molar-refractivity contribution < 1.29 is 0 Å². The van der Waals surface area contributed by atoms with Gasteiger partial charge < -0.3 is 9.80 Å². The molecule has 4 heterocycles.